The Morgan fingerprint density at radius 3 is 2.88 bits per heavy atom. The highest BCUT2D eigenvalue weighted by atomic mass is 19.1. The molecule has 0 spiro atoms. The molecule has 6 heteroatoms. The summed E-state index contributed by atoms with van der Waals surface area (Å²) < 4.78 is 18.2. The average molecular weight is 226 g/mol. The maximum absolute atomic E-state index is 12.7. The molecule has 0 aliphatic carbocycles. The summed E-state index contributed by atoms with van der Waals surface area (Å²) in [6.07, 6.45) is 2.31. The Labute approximate surface area is 93.4 Å². The lowest BCUT2D eigenvalue weighted by atomic mass is 10.1. The van der Waals surface area contributed by atoms with Crippen LogP contribution in [0.2, 0.25) is 0 Å². The summed E-state index contributed by atoms with van der Waals surface area (Å²) in [5, 5.41) is 0. The Morgan fingerprint density at radius 2 is 2.25 bits per heavy atom. The van der Waals surface area contributed by atoms with Crippen LogP contribution in [0.15, 0.2) is 12.4 Å². The lowest BCUT2D eigenvalue weighted by Crippen LogP contribution is -2.50. The molecule has 1 fully saturated rings. The first-order valence-electron chi connectivity index (χ1n) is 5.26. The van der Waals surface area contributed by atoms with Crippen LogP contribution in [0.1, 0.15) is 6.92 Å². The third kappa shape index (κ3) is 2.45. The van der Waals surface area contributed by atoms with Gasteiger partial charge in [-0.15, -0.1) is 0 Å². The molecule has 0 amide bonds. The largest absolute Gasteiger partial charge is 0.373 e. The molecule has 1 saturated heterocycles. The average Bonchev–Trinajstić information content (AvgIpc) is 2.30. The minimum absolute atomic E-state index is 0.0256. The molecule has 0 bridgehead atoms. The van der Waals surface area contributed by atoms with Crippen LogP contribution in [0.5, 0.6) is 0 Å². The van der Waals surface area contributed by atoms with Gasteiger partial charge in [0.25, 0.3) is 0 Å². The molecule has 0 radical (unpaired) electrons. The molecule has 1 aliphatic heterocycles. The molecule has 0 saturated carbocycles. The number of hydrogen-bond acceptors (Lipinski definition) is 5. The summed E-state index contributed by atoms with van der Waals surface area (Å²) in [6.45, 7) is 3.84. The van der Waals surface area contributed by atoms with Crippen molar-refractivity contribution in [3.63, 3.8) is 0 Å². The van der Waals surface area contributed by atoms with Gasteiger partial charge in [0.1, 0.15) is 0 Å². The van der Waals surface area contributed by atoms with E-state index in [-0.39, 0.29) is 12.1 Å². The summed E-state index contributed by atoms with van der Waals surface area (Å²) in [5.41, 5.74) is 5.78. The predicted octanol–water partition coefficient (Wildman–Crippen LogP) is 0.168. The van der Waals surface area contributed by atoms with Gasteiger partial charge in [-0.05, 0) is 6.92 Å². The Morgan fingerprint density at radius 1 is 1.56 bits per heavy atom. The van der Waals surface area contributed by atoms with Crippen molar-refractivity contribution >= 4 is 5.95 Å². The van der Waals surface area contributed by atoms with Crippen LogP contribution in [0.3, 0.4) is 0 Å². The van der Waals surface area contributed by atoms with E-state index in [9.17, 15) is 4.39 Å². The van der Waals surface area contributed by atoms with Crippen molar-refractivity contribution in [1.82, 2.24) is 9.97 Å². The predicted molar refractivity (Wildman–Crippen MR) is 57.6 cm³/mol. The maximum Gasteiger partial charge on any atom is 0.225 e. The van der Waals surface area contributed by atoms with Crippen LogP contribution in [0.4, 0.5) is 10.3 Å². The normalized spacial score (nSPS) is 23.2. The number of aromatic nitrogens is 2. The highest BCUT2D eigenvalue weighted by Crippen LogP contribution is 2.13. The number of rotatable bonds is 2. The Bertz CT molecular complexity index is 343. The first-order chi connectivity index (χ1) is 7.66. The van der Waals surface area contributed by atoms with Gasteiger partial charge < -0.3 is 15.4 Å². The van der Waals surface area contributed by atoms with E-state index in [1.165, 1.54) is 12.4 Å². The molecule has 1 aromatic heterocycles. The monoisotopic (exact) mass is 226 g/mol. The van der Waals surface area contributed by atoms with Crippen LogP contribution >= 0.6 is 0 Å². The number of nitrogens with two attached hydrogens (primary N) is 1. The van der Waals surface area contributed by atoms with Crippen molar-refractivity contribution in [2.75, 3.05) is 24.6 Å². The fourth-order valence-corrected chi connectivity index (χ4v) is 1.64. The van der Waals surface area contributed by atoms with Crippen LogP contribution in [-0.2, 0) is 4.74 Å². The van der Waals surface area contributed by atoms with Crippen molar-refractivity contribution < 1.29 is 9.13 Å². The van der Waals surface area contributed by atoms with Crippen molar-refractivity contribution in [3.05, 3.63) is 18.2 Å². The van der Waals surface area contributed by atoms with Crippen molar-refractivity contribution in [2.45, 2.75) is 19.1 Å². The van der Waals surface area contributed by atoms with Crippen LogP contribution in [0.25, 0.3) is 0 Å². The third-order valence-electron chi connectivity index (χ3n) is 2.57. The molecule has 0 aromatic carbocycles. The highest BCUT2D eigenvalue weighted by molar-refractivity contribution is 5.29. The number of ether oxygens (including phenoxy) is 1. The summed E-state index contributed by atoms with van der Waals surface area (Å²) >= 11 is 0. The smallest absolute Gasteiger partial charge is 0.225 e. The number of anilines is 1. The number of morpholine rings is 1. The number of hydrogen-bond donors (Lipinski definition) is 1. The summed E-state index contributed by atoms with van der Waals surface area (Å²) in [4.78, 5) is 9.83. The van der Waals surface area contributed by atoms with Gasteiger partial charge in [0.15, 0.2) is 5.82 Å². The second-order valence-corrected chi connectivity index (χ2v) is 3.92. The second kappa shape index (κ2) is 4.71. The molecule has 2 unspecified atom stereocenters. The van der Waals surface area contributed by atoms with E-state index < -0.39 is 5.82 Å². The zero-order valence-corrected chi connectivity index (χ0v) is 9.14. The van der Waals surface area contributed by atoms with E-state index in [2.05, 4.69) is 9.97 Å². The zero-order valence-electron chi connectivity index (χ0n) is 9.14. The first kappa shape index (κ1) is 11.2. The Hall–Kier alpha value is -1.27. The van der Waals surface area contributed by atoms with Crippen LogP contribution in [-0.4, -0.2) is 41.8 Å². The van der Waals surface area contributed by atoms with Crippen molar-refractivity contribution in [3.8, 4) is 0 Å². The fraction of sp³-hybridized carbons (Fsp3) is 0.600. The number of nitrogens with zero attached hydrogens (tertiary/aromatic N) is 3. The summed E-state index contributed by atoms with van der Waals surface area (Å²) in [7, 11) is 0. The molecule has 2 N–H and O–H groups in total. The molecule has 5 nitrogen and oxygen atoms in total. The molecule has 1 aliphatic rings. The van der Waals surface area contributed by atoms with E-state index in [0.717, 1.165) is 0 Å². The van der Waals surface area contributed by atoms with E-state index >= 15 is 0 Å². The molecular formula is C10H15FN4O. The third-order valence-corrected chi connectivity index (χ3v) is 2.57. The van der Waals surface area contributed by atoms with Crippen molar-refractivity contribution in [1.29, 1.82) is 0 Å². The Kier molecular flexibility index (Phi) is 3.31. The van der Waals surface area contributed by atoms with Gasteiger partial charge in [-0.3, -0.25) is 0 Å². The molecule has 2 rings (SSSR count). The van der Waals surface area contributed by atoms with Gasteiger partial charge in [-0.2, -0.15) is 0 Å². The van der Waals surface area contributed by atoms with E-state index in [0.29, 0.717) is 25.6 Å². The van der Waals surface area contributed by atoms with Gasteiger partial charge in [-0.1, -0.05) is 0 Å². The topological polar surface area (TPSA) is 64.3 Å². The minimum Gasteiger partial charge on any atom is -0.373 e. The molecule has 16 heavy (non-hydrogen) atoms. The molecule has 2 atom stereocenters. The van der Waals surface area contributed by atoms with Gasteiger partial charge in [0, 0.05) is 19.1 Å². The standard InChI is InChI=1S/C10H15FN4O/c1-7(12)9-6-15(2-3-16-9)10-13-4-8(11)5-14-10/h4-5,7,9H,2-3,6,12H2,1H3. The first-order valence-corrected chi connectivity index (χ1v) is 5.26. The Balaban J connectivity index is 2.06. The zero-order chi connectivity index (χ0) is 11.5. The maximum atomic E-state index is 12.7. The fourth-order valence-electron chi connectivity index (χ4n) is 1.64. The second-order valence-electron chi connectivity index (χ2n) is 3.92. The van der Waals surface area contributed by atoms with E-state index in [4.69, 9.17) is 10.5 Å². The molecular weight excluding hydrogens is 211 g/mol. The van der Waals surface area contributed by atoms with Crippen LogP contribution in [0, 0.1) is 5.82 Å². The molecule has 88 valence electrons. The van der Waals surface area contributed by atoms with E-state index in [1.54, 1.807) is 0 Å². The van der Waals surface area contributed by atoms with Crippen LogP contribution < -0.4 is 10.6 Å². The van der Waals surface area contributed by atoms with E-state index in [1.807, 2.05) is 11.8 Å². The summed E-state index contributed by atoms with van der Waals surface area (Å²) in [5.74, 6) is 0.0936. The summed E-state index contributed by atoms with van der Waals surface area (Å²) in [6, 6.07) is -0.0387. The number of halogens is 1. The minimum atomic E-state index is -0.430. The molecule has 2 heterocycles. The lowest BCUT2D eigenvalue weighted by Gasteiger charge is -2.34. The van der Waals surface area contributed by atoms with Gasteiger partial charge in [0.05, 0.1) is 25.1 Å². The quantitative estimate of drug-likeness (QED) is 0.778. The van der Waals surface area contributed by atoms with Gasteiger partial charge in [-0.25, -0.2) is 14.4 Å². The SMILES string of the molecule is CC(N)C1CN(c2ncc(F)cn2)CCO1. The van der Waals surface area contributed by atoms with Crippen molar-refractivity contribution in [2.24, 2.45) is 5.73 Å². The highest BCUT2D eigenvalue weighted by Gasteiger charge is 2.24. The molecule has 1 aromatic rings. The van der Waals surface area contributed by atoms with Gasteiger partial charge in [0.2, 0.25) is 5.95 Å². The lowest BCUT2D eigenvalue weighted by molar-refractivity contribution is 0.0270. The van der Waals surface area contributed by atoms with Gasteiger partial charge >= 0.3 is 0 Å².